The van der Waals surface area contributed by atoms with Crippen molar-refractivity contribution in [1.82, 2.24) is 4.90 Å². The average Bonchev–Trinajstić information content (AvgIpc) is 3.21. The first-order chi connectivity index (χ1) is 17.8. The lowest BCUT2D eigenvalue weighted by molar-refractivity contribution is -0.117. The molecule has 37 heavy (non-hydrogen) atoms. The fourth-order valence-corrected chi connectivity index (χ4v) is 4.38. The number of carbonyl (C=O) groups is 2. The quantitative estimate of drug-likeness (QED) is 0.438. The zero-order valence-electron chi connectivity index (χ0n) is 21.8. The predicted octanol–water partition coefficient (Wildman–Crippen LogP) is 4.48. The van der Waals surface area contributed by atoms with E-state index >= 15 is 0 Å². The predicted molar refractivity (Wildman–Crippen MR) is 147 cm³/mol. The van der Waals surface area contributed by atoms with Gasteiger partial charge in [0.1, 0.15) is 5.92 Å². The maximum absolute atomic E-state index is 13.3. The highest BCUT2D eigenvalue weighted by molar-refractivity contribution is 6.24. The van der Waals surface area contributed by atoms with Crippen LogP contribution < -0.4 is 19.7 Å². The first-order valence-electron chi connectivity index (χ1n) is 12.1. The number of benzene rings is 3. The van der Waals surface area contributed by atoms with E-state index in [0.717, 1.165) is 23.4 Å². The van der Waals surface area contributed by atoms with Crippen molar-refractivity contribution in [2.75, 3.05) is 51.6 Å². The fourth-order valence-electron chi connectivity index (χ4n) is 4.38. The SMILES string of the molecule is COc1cc2c(cc1OC)C(C(=Nc1ccc(N(CCN(C)C)C(C)=O)cc1)c1ccccc1)C(=O)N2. The van der Waals surface area contributed by atoms with Crippen LogP contribution >= 0.6 is 0 Å². The number of hydrogen-bond donors (Lipinski definition) is 1. The van der Waals surface area contributed by atoms with Crippen LogP contribution in [0.3, 0.4) is 0 Å². The Morgan fingerprint density at radius 2 is 1.59 bits per heavy atom. The molecule has 8 nitrogen and oxygen atoms in total. The third-order valence-electron chi connectivity index (χ3n) is 6.29. The third kappa shape index (κ3) is 5.65. The molecule has 1 N–H and O–H groups in total. The molecule has 0 saturated carbocycles. The van der Waals surface area contributed by atoms with Crippen molar-refractivity contribution in [2.24, 2.45) is 4.99 Å². The number of methoxy groups -OCH3 is 2. The van der Waals surface area contributed by atoms with Gasteiger partial charge in [-0.2, -0.15) is 0 Å². The molecule has 1 aliphatic heterocycles. The Labute approximate surface area is 217 Å². The summed E-state index contributed by atoms with van der Waals surface area (Å²) in [6.07, 6.45) is 0. The Morgan fingerprint density at radius 1 is 0.946 bits per heavy atom. The minimum Gasteiger partial charge on any atom is -0.493 e. The summed E-state index contributed by atoms with van der Waals surface area (Å²) in [6, 6.07) is 20.8. The zero-order chi connectivity index (χ0) is 26.5. The summed E-state index contributed by atoms with van der Waals surface area (Å²) in [5, 5.41) is 2.97. The van der Waals surface area contributed by atoms with Gasteiger partial charge in [0.25, 0.3) is 0 Å². The molecule has 1 heterocycles. The van der Waals surface area contributed by atoms with Gasteiger partial charge in [0.2, 0.25) is 11.8 Å². The largest absolute Gasteiger partial charge is 0.493 e. The van der Waals surface area contributed by atoms with Gasteiger partial charge < -0.3 is 24.6 Å². The molecule has 3 aromatic rings. The summed E-state index contributed by atoms with van der Waals surface area (Å²) in [6.45, 7) is 2.90. The molecule has 2 amide bonds. The van der Waals surface area contributed by atoms with Crippen LogP contribution in [0.15, 0.2) is 71.7 Å². The molecule has 3 aromatic carbocycles. The van der Waals surface area contributed by atoms with Gasteiger partial charge in [-0.1, -0.05) is 30.3 Å². The van der Waals surface area contributed by atoms with Gasteiger partial charge in [0.05, 0.1) is 25.6 Å². The first kappa shape index (κ1) is 25.9. The van der Waals surface area contributed by atoms with Crippen molar-refractivity contribution in [2.45, 2.75) is 12.8 Å². The lowest BCUT2D eigenvalue weighted by atomic mass is 9.90. The molecule has 0 spiro atoms. The topological polar surface area (TPSA) is 83.5 Å². The van der Waals surface area contributed by atoms with E-state index in [0.29, 0.717) is 35.1 Å². The molecule has 192 valence electrons. The number of carbonyl (C=O) groups excluding carboxylic acids is 2. The van der Waals surface area contributed by atoms with Crippen molar-refractivity contribution in [3.8, 4) is 11.5 Å². The van der Waals surface area contributed by atoms with Crippen LogP contribution in [0.5, 0.6) is 11.5 Å². The van der Waals surface area contributed by atoms with E-state index in [2.05, 4.69) is 5.32 Å². The minimum absolute atomic E-state index is 0.0216. The number of nitrogens with zero attached hydrogens (tertiary/aromatic N) is 3. The van der Waals surface area contributed by atoms with E-state index < -0.39 is 5.92 Å². The van der Waals surface area contributed by atoms with Crippen LogP contribution in [0.2, 0.25) is 0 Å². The van der Waals surface area contributed by atoms with Crippen LogP contribution in [0.1, 0.15) is 24.0 Å². The van der Waals surface area contributed by atoms with Crippen LogP contribution in [0.4, 0.5) is 17.1 Å². The van der Waals surface area contributed by atoms with E-state index in [1.165, 1.54) is 0 Å². The zero-order valence-corrected chi connectivity index (χ0v) is 21.8. The van der Waals surface area contributed by atoms with Crippen LogP contribution in [0, 0.1) is 0 Å². The highest BCUT2D eigenvalue weighted by Gasteiger charge is 2.36. The summed E-state index contributed by atoms with van der Waals surface area (Å²) in [7, 11) is 7.08. The van der Waals surface area contributed by atoms with Gasteiger partial charge in [-0.3, -0.25) is 14.6 Å². The number of nitrogens with one attached hydrogen (secondary N) is 1. The van der Waals surface area contributed by atoms with E-state index in [1.807, 2.05) is 79.7 Å². The Morgan fingerprint density at radius 3 is 2.19 bits per heavy atom. The maximum Gasteiger partial charge on any atom is 0.238 e. The maximum atomic E-state index is 13.3. The number of fused-ring (bicyclic) bond motifs is 1. The summed E-state index contributed by atoms with van der Waals surface area (Å²) >= 11 is 0. The molecule has 4 rings (SSSR count). The second-order valence-electron chi connectivity index (χ2n) is 9.07. The smallest absolute Gasteiger partial charge is 0.238 e. The normalized spacial score (nSPS) is 14.8. The van der Waals surface area contributed by atoms with Crippen molar-refractivity contribution in [1.29, 1.82) is 0 Å². The fraction of sp³-hybridized carbons (Fsp3) is 0.276. The van der Waals surface area contributed by atoms with Crippen LogP contribution in [-0.4, -0.2) is 63.8 Å². The molecule has 8 heteroatoms. The van der Waals surface area contributed by atoms with E-state index in [4.69, 9.17) is 14.5 Å². The second kappa shape index (κ2) is 11.3. The Kier molecular flexibility index (Phi) is 7.89. The number of ether oxygens (including phenoxy) is 2. The van der Waals surface area contributed by atoms with Gasteiger partial charge in [0.15, 0.2) is 11.5 Å². The number of amides is 2. The minimum atomic E-state index is -0.634. The first-order valence-corrected chi connectivity index (χ1v) is 12.1. The molecule has 0 bridgehead atoms. The Balaban J connectivity index is 1.75. The summed E-state index contributed by atoms with van der Waals surface area (Å²) < 4.78 is 10.9. The summed E-state index contributed by atoms with van der Waals surface area (Å²) in [5.41, 5.74) is 4.38. The van der Waals surface area contributed by atoms with Crippen LogP contribution in [-0.2, 0) is 9.59 Å². The highest BCUT2D eigenvalue weighted by atomic mass is 16.5. The van der Waals surface area contributed by atoms with Crippen LogP contribution in [0.25, 0.3) is 0 Å². The number of rotatable bonds is 9. The highest BCUT2D eigenvalue weighted by Crippen LogP contribution is 2.42. The molecule has 0 aromatic heterocycles. The lowest BCUT2D eigenvalue weighted by Gasteiger charge is -2.23. The molecule has 0 fully saturated rings. The summed E-state index contributed by atoms with van der Waals surface area (Å²) in [5.74, 6) is 0.259. The van der Waals surface area contributed by atoms with Gasteiger partial charge in [-0.15, -0.1) is 0 Å². The van der Waals surface area contributed by atoms with E-state index in [-0.39, 0.29) is 11.8 Å². The molecule has 0 radical (unpaired) electrons. The Hall–Kier alpha value is -4.17. The van der Waals surface area contributed by atoms with Gasteiger partial charge >= 0.3 is 0 Å². The number of likely N-dealkylation sites (N-methyl/N-ethyl adjacent to an activating group) is 1. The summed E-state index contributed by atoms with van der Waals surface area (Å²) in [4.78, 5) is 34.2. The van der Waals surface area contributed by atoms with Crippen molar-refractivity contribution >= 4 is 34.6 Å². The average molecular weight is 501 g/mol. The van der Waals surface area contributed by atoms with E-state index in [1.54, 1.807) is 32.1 Å². The monoisotopic (exact) mass is 500 g/mol. The third-order valence-corrected chi connectivity index (χ3v) is 6.29. The molecular formula is C29H32N4O4. The van der Waals surface area contributed by atoms with Crippen molar-refractivity contribution < 1.29 is 19.1 Å². The molecule has 1 aliphatic rings. The molecule has 1 unspecified atom stereocenters. The number of anilines is 2. The number of hydrogen-bond acceptors (Lipinski definition) is 6. The number of aliphatic imine (C=N–C) groups is 1. The molecular weight excluding hydrogens is 468 g/mol. The molecule has 0 aliphatic carbocycles. The van der Waals surface area contributed by atoms with E-state index in [9.17, 15) is 9.59 Å². The van der Waals surface area contributed by atoms with Gasteiger partial charge in [-0.25, -0.2) is 0 Å². The van der Waals surface area contributed by atoms with Crippen molar-refractivity contribution in [3.05, 3.63) is 77.9 Å². The molecule has 0 saturated heterocycles. The lowest BCUT2D eigenvalue weighted by Crippen LogP contribution is -2.35. The van der Waals surface area contributed by atoms with Gasteiger partial charge in [0, 0.05) is 37.5 Å². The second-order valence-corrected chi connectivity index (χ2v) is 9.07. The van der Waals surface area contributed by atoms with Crippen molar-refractivity contribution in [3.63, 3.8) is 0 Å². The van der Waals surface area contributed by atoms with Gasteiger partial charge in [-0.05, 0) is 55.6 Å². The standard InChI is InChI=1S/C29H32N4O4/c1-19(34)33(16-15-32(2)3)22-13-11-21(12-14-22)30-28(20-9-7-6-8-10-20)27-23-17-25(36-4)26(37-5)18-24(23)31-29(27)35/h6-14,17-18,27H,15-16H2,1-5H3,(H,31,35). The molecule has 1 atom stereocenters. The Bertz CT molecular complexity index is 1300.